The van der Waals surface area contributed by atoms with Gasteiger partial charge < -0.3 is 10.1 Å². The highest BCUT2D eigenvalue weighted by atomic mass is 19.4. The van der Waals surface area contributed by atoms with E-state index in [1.165, 1.54) is 17.8 Å². The van der Waals surface area contributed by atoms with Crippen LogP contribution in [0.2, 0.25) is 0 Å². The summed E-state index contributed by atoms with van der Waals surface area (Å²) >= 11 is 0. The molecule has 5 nitrogen and oxygen atoms in total. The maximum absolute atomic E-state index is 12.7. The van der Waals surface area contributed by atoms with Crippen molar-refractivity contribution in [2.24, 2.45) is 0 Å². The number of carbonyl (C=O) groups is 1. The van der Waals surface area contributed by atoms with Crippen LogP contribution in [0.25, 0.3) is 6.08 Å². The molecule has 3 aromatic rings. The Morgan fingerprint density at radius 2 is 2.00 bits per heavy atom. The molecule has 1 fully saturated rings. The van der Waals surface area contributed by atoms with Gasteiger partial charge in [-0.3, -0.25) is 9.78 Å². The lowest BCUT2D eigenvalue weighted by Crippen LogP contribution is -2.32. The van der Waals surface area contributed by atoms with Crippen LogP contribution in [0.5, 0.6) is 11.6 Å². The molecule has 0 bridgehead atoms. The van der Waals surface area contributed by atoms with Crippen LogP contribution < -0.4 is 10.1 Å². The van der Waals surface area contributed by atoms with E-state index in [9.17, 15) is 18.0 Å². The van der Waals surface area contributed by atoms with Gasteiger partial charge in [0.1, 0.15) is 5.75 Å². The van der Waals surface area contributed by atoms with Gasteiger partial charge in [-0.1, -0.05) is 23.8 Å². The summed E-state index contributed by atoms with van der Waals surface area (Å²) in [4.78, 5) is 20.0. The zero-order chi connectivity index (χ0) is 22.6. The molecule has 1 atom stereocenters. The number of rotatable bonds is 5. The number of ether oxygens (including phenoxy) is 1. The van der Waals surface area contributed by atoms with Gasteiger partial charge >= 0.3 is 6.18 Å². The average Bonchev–Trinajstić information content (AvgIpc) is 3.21. The Labute approximate surface area is 183 Å². The lowest BCUT2D eigenvalue weighted by molar-refractivity contribution is -0.137. The Hall–Kier alpha value is -3.68. The maximum atomic E-state index is 12.7. The fourth-order valence-electron chi connectivity index (χ4n) is 3.53. The summed E-state index contributed by atoms with van der Waals surface area (Å²) in [5, 5.41) is 3.04. The summed E-state index contributed by atoms with van der Waals surface area (Å²) < 4.78 is 43.6. The van der Waals surface area contributed by atoms with E-state index in [-0.39, 0.29) is 17.8 Å². The maximum Gasteiger partial charge on any atom is 0.417 e. The van der Waals surface area contributed by atoms with Gasteiger partial charge in [-0.25, -0.2) is 4.98 Å². The molecule has 1 N–H and O–H groups in total. The van der Waals surface area contributed by atoms with E-state index in [0.717, 1.165) is 37.1 Å². The summed E-state index contributed by atoms with van der Waals surface area (Å²) in [6, 6.07) is 12.9. The van der Waals surface area contributed by atoms with Crippen LogP contribution in [-0.2, 0) is 6.18 Å². The molecule has 0 spiro atoms. The molecular formula is C24H20F3N3O2. The average molecular weight is 439 g/mol. The van der Waals surface area contributed by atoms with E-state index >= 15 is 0 Å². The van der Waals surface area contributed by atoms with E-state index in [1.54, 1.807) is 30.5 Å². The van der Waals surface area contributed by atoms with Crippen molar-refractivity contribution < 1.29 is 22.7 Å². The number of aromatic nitrogens is 2. The van der Waals surface area contributed by atoms with Crippen LogP contribution >= 0.6 is 0 Å². The van der Waals surface area contributed by atoms with E-state index in [1.807, 2.05) is 18.2 Å². The van der Waals surface area contributed by atoms with E-state index in [2.05, 4.69) is 15.3 Å². The second-order valence-electron chi connectivity index (χ2n) is 7.51. The summed E-state index contributed by atoms with van der Waals surface area (Å²) in [7, 11) is 0. The van der Waals surface area contributed by atoms with E-state index in [0.29, 0.717) is 11.3 Å². The molecule has 0 radical (unpaired) electrons. The lowest BCUT2D eigenvalue weighted by atomic mass is 10.1. The van der Waals surface area contributed by atoms with Gasteiger partial charge in [0, 0.05) is 30.7 Å². The molecule has 1 amide bonds. The number of hydrogen-bond donors (Lipinski definition) is 1. The second-order valence-corrected chi connectivity index (χ2v) is 7.51. The molecular weight excluding hydrogens is 419 g/mol. The fourth-order valence-corrected chi connectivity index (χ4v) is 3.53. The Morgan fingerprint density at radius 3 is 2.72 bits per heavy atom. The third-order valence-corrected chi connectivity index (χ3v) is 5.10. The normalized spacial score (nSPS) is 17.3. The largest absolute Gasteiger partial charge is 0.439 e. The van der Waals surface area contributed by atoms with Crippen LogP contribution in [0.1, 0.15) is 40.7 Å². The SMILES string of the molecule is O=C(NC1CC/C(=C\c2cccc(Oc3ccc(C(F)(F)F)cn3)c2)C1)c1cccnc1. The zero-order valence-electron chi connectivity index (χ0n) is 17.0. The zero-order valence-corrected chi connectivity index (χ0v) is 17.0. The topological polar surface area (TPSA) is 64.1 Å². The number of nitrogens with one attached hydrogen (secondary N) is 1. The van der Waals surface area contributed by atoms with Crippen molar-refractivity contribution >= 4 is 12.0 Å². The quantitative estimate of drug-likeness (QED) is 0.558. The highest BCUT2D eigenvalue weighted by Crippen LogP contribution is 2.31. The van der Waals surface area contributed by atoms with Crippen molar-refractivity contribution in [2.45, 2.75) is 31.5 Å². The van der Waals surface area contributed by atoms with Crippen LogP contribution in [0.3, 0.4) is 0 Å². The number of nitrogens with zero attached hydrogens (tertiary/aromatic N) is 2. The van der Waals surface area contributed by atoms with Crippen molar-refractivity contribution in [3.05, 3.63) is 89.4 Å². The van der Waals surface area contributed by atoms with Crippen LogP contribution in [0.4, 0.5) is 13.2 Å². The molecule has 1 aliphatic rings. The first-order chi connectivity index (χ1) is 15.4. The minimum atomic E-state index is -4.44. The minimum absolute atomic E-state index is 0.0599. The molecule has 1 aliphatic carbocycles. The first-order valence-electron chi connectivity index (χ1n) is 10.1. The molecule has 0 aliphatic heterocycles. The number of carbonyl (C=O) groups excluding carboxylic acids is 1. The standard InChI is InChI=1S/C24H20F3N3O2/c25-24(26,27)19-7-9-22(29-15-19)32-21-5-1-3-16(13-21)11-17-6-8-20(12-17)30-23(31)18-4-2-10-28-14-18/h1-5,7,9-11,13-15,20H,6,8,12H2,(H,30,31)/b17-11+. The monoisotopic (exact) mass is 439 g/mol. The molecule has 32 heavy (non-hydrogen) atoms. The smallest absolute Gasteiger partial charge is 0.417 e. The highest BCUT2D eigenvalue weighted by molar-refractivity contribution is 5.94. The second kappa shape index (κ2) is 9.21. The van der Waals surface area contributed by atoms with Crippen LogP contribution in [0.15, 0.2) is 72.7 Å². The Kier molecular flexibility index (Phi) is 6.20. The van der Waals surface area contributed by atoms with Gasteiger partial charge in [0.2, 0.25) is 5.88 Å². The molecule has 0 saturated heterocycles. The first-order valence-corrected chi connectivity index (χ1v) is 10.1. The van der Waals surface area contributed by atoms with Gasteiger partial charge in [-0.05, 0) is 55.2 Å². The molecule has 1 aromatic carbocycles. The molecule has 164 valence electrons. The summed E-state index contributed by atoms with van der Waals surface area (Å²) in [6.45, 7) is 0. The molecule has 1 saturated carbocycles. The Morgan fingerprint density at radius 1 is 1.12 bits per heavy atom. The summed E-state index contributed by atoms with van der Waals surface area (Å²) in [5.41, 5.74) is 1.82. The number of halogens is 3. The van der Waals surface area contributed by atoms with Gasteiger partial charge in [0.15, 0.2) is 0 Å². The summed E-state index contributed by atoms with van der Waals surface area (Å²) in [5.74, 6) is 0.427. The Balaban J connectivity index is 1.38. The van der Waals surface area contributed by atoms with Gasteiger partial charge in [0.05, 0.1) is 11.1 Å². The minimum Gasteiger partial charge on any atom is -0.439 e. The molecule has 2 aromatic heterocycles. The first kappa shape index (κ1) is 21.5. The molecule has 1 unspecified atom stereocenters. The number of alkyl halides is 3. The van der Waals surface area contributed by atoms with E-state index in [4.69, 9.17) is 4.74 Å². The van der Waals surface area contributed by atoms with Gasteiger partial charge in [-0.15, -0.1) is 0 Å². The van der Waals surface area contributed by atoms with Crippen molar-refractivity contribution in [1.82, 2.24) is 15.3 Å². The van der Waals surface area contributed by atoms with Crippen molar-refractivity contribution in [3.8, 4) is 11.6 Å². The van der Waals surface area contributed by atoms with Crippen molar-refractivity contribution in [3.63, 3.8) is 0 Å². The number of pyridine rings is 2. The predicted octanol–water partition coefficient (Wildman–Crippen LogP) is 5.65. The van der Waals surface area contributed by atoms with E-state index < -0.39 is 11.7 Å². The number of hydrogen-bond acceptors (Lipinski definition) is 4. The van der Waals surface area contributed by atoms with Crippen molar-refractivity contribution in [1.29, 1.82) is 0 Å². The molecule has 4 rings (SSSR count). The Bertz CT molecular complexity index is 1110. The van der Waals surface area contributed by atoms with Gasteiger partial charge in [0.25, 0.3) is 5.91 Å². The molecule has 8 heteroatoms. The lowest BCUT2D eigenvalue weighted by Gasteiger charge is -2.11. The fraction of sp³-hybridized carbons (Fsp3) is 0.208. The van der Waals surface area contributed by atoms with Crippen LogP contribution in [-0.4, -0.2) is 21.9 Å². The highest BCUT2D eigenvalue weighted by Gasteiger charge is 2.30. The predicted molar refractivity (Wildman–Crippen MR) is 113 cm³/mol. The summed E-state index contributed by atoms with van der Waals surface area (Å²) in [6.07, 6.45) is 3.98. The third-order valence-electron chi connectivity index (χ3n) is 5.10. The van der Waals surface area contributed by atoms with Crippen LogP contribution in [0, 0.1) is 0 Å². The third kappa shape index (κ3) is 5.51. The van der Waals surface area contributed by atoms with Crippen molar-refractivity contribution in [2.75, 3.05) is 0 Å². The number of amides is 1. The molecule has 2 heterocycles. The van der Waals surface area contributed by atoms with Gasteiger partial charge in [-0.2, -0.15) is 13.2 Å². The number of benzene rings is 1.